The highest BCUT2D eigenvalue weighted by atomic mass is 16.5. The van der Waals surface area contributed by atoms with Gasteiger partial charge in [0.05, 0.1) is 6.10 Å². The maximum atomic E-state index is 5.95. The summed E-state index contributed by atoms with van der Waals surface area (Å²) < 4.78 is 5.95. The average molecular weight is 294 g/mol. The Bertz CT molecular complexity index is 338. The maximum Gasteiger partial charge on any atom is 0.0703 e. The Balaban J connectivity index is 1.72. The molecule has 122 valence electrons. The zero-order valence-corrected chi connectivity index (χ0v) is 14.3. The third kappa shape index (κ3) is 3.46. The predicted molar refractivity (Wildman–Crippen MR) is 87.6 cm³/mol. The molecule has 3 nitrogen and oxygen atoms in total. The van der Waals surface area contributed by atoms with E-state index >= 15 is 0 Å². The minimum absolute atomic E-state index is 0.338. The van der Waals surface area contributed by atoms with Crippen molar-refractivity contribution in [2.45, 2.75) is 83.4 Å². The van der Waals surface area contributed by atoms with Crippen molar-refractivity contribution in [3.05, 3.63) is 0 Å². The Morgan fingerprint density at radius 3 is 2.52 bits per heavy atom. The van der Waals surface area contributed by atoms with Crippen LogP contribution in [0.15, 0.2) is 0 Å². The van der Waals surface area contributed by atoms with Gasteiger partial charge in [-0.15, -0.1) is 0 Å². The van der Waals surface area contributed by atoms with E-state index in [2.05, 4.69) is 31.0 Å². The summed E-state index contributed by atoms with van der Waals surface area (Å²) in [7, 11) is 0. The van der Waals surface area contributed by atoms with Crippen molar-refractivity contribution in [3.63, 3.8) is 0 Å². The molecular formula is C18H34N2O. The van der Waals surface area contributed by atoms with Gasteiger partial charge < -0.3 is 10.1 Å². The van der Waals surface area contributed by atoms with E-state index in [1.807, 2.05) is 0 Å². The van der Waals surface area contributed by atoms with Gasteiger partial charge in [0, 0.05) is 37.8 Å². The molecule has 0 aromatic heterocycles. The van der Waals surface area contributed by atoms with E-state index in [1.165, 1.54) is 58.0 Å². The molecule has 21 heavy (non-hydrogen) atoms. The highest BCUT2D eigenvalue weighted by Gasteiger charge is 2.45. The molecule has 1 N–H and O–H groups in total. The summed E-state index contributed by atoms with van der Waals surface area (Å²) in [5.74, 6) is 0. The lowest BCUT2D eigenvalue weighted by molar-refractivity contribution is -0.0397. The van der Waals surface area contributed by atoms with Gasteiger partial charge >= 0.3 is 0 Å². The van der Waals surface area contributed by atoms with Gasteiger partial charge in [0.1, 0.15) is 0 Å². The Morgan fingerprint density at radius 1 is 1.14 bits per heavy atom. The summed E-state index contributed by atoms with van der Waals surface area (Å²) in [6.07, 6.45) is 10.0. The maximum absolute atomic E-state index is 5.95. The van der Waals surface area contributed by atoms with E-state index in [4.69, 9.17) is 4.74 Å². The fraction of sp³-hybridized carbons (Fsp3) is 1.00. The second-order valence-corrected chi connectivity index (χ2v) is 8.62. The Hall–Kier alpha value is -0.120. The van der Waals surface area contributed by atoms with E-state index in [-0.39, 0.29) is 0 Å². The van der Waals surface area contributed by atoms with Crippen LogP contribution in [-0.2, 0) is 4.74 Å². The summed E-state index contributed by atoms with van der Waals surface area (Å²) in [6, 6.07) is 0.603. The van der Waals surface area contributed by atoms with E-state index in [0.29, 0.717) is 23.1 Å². The van der Waals surface area contributed by atoms with Gasteiger partial charge in [-0.3, -0.25) is 4.90 Å². The van der Waals surface area contributed by atoms with Gasteiger partial charge in [0.25, 0.3) is 0 Å². The summed E-state index contributed by atoms with van der Waals surface area (Å²) in [5.41, 5.74) is 0.761. The molecule has 3 fully saturated rings. The molecule has 0 radical (unpaired) electrons. The largest absolute Gasteiger partial charge is 0.377 e. The molecule has 0 amide bonds. The molecule has 0 bridgehead atoms. The summed E-state index contributed by atoms with van der Waals surface area (Å²) in [5, 5.41) is 3.89. The second-order valence-electron chi connectivity index (χ2n) is 8.62. The quantitative estimate of drug-likeness (QED) is 0.846. The van der Waals surface area contributed by atoms with Crippen molar-refractivity contribution in [2.75, 3.05) is 26.2 Å². The lowest BCUT2D eigenvalue weighted by Gasteiger charge is -2.54. The van der Waals surface area contributed by atoms with Crippen LogP contribution in [-0.4, -0.2) is 48.8 Å². The summed E-state index contributed by atoms with van der Waals surface area (Å²) >= 11 is 0. The van der Waals surface area contributed by atoms with Gasteiger partial charge in [-0.25, -0.2) is 0 Å². The van der Waals surface area contributed by atoms with E-state index < -0.39 is 0 Å². The minimum atomic E-state index is 0.338. The van der Waals surface area contributed by atoms with Crippen molar-refractivity contribution in [1.82, 2.24) is 10.2 Å². The smallest absolute Gasteiger partial charge is 0.0703 e. The van der Waals surface area contributed by atoms with Crippen LogP contribution in [0.4, 0.5) is 0 Å². The Labute approximate surface area is 130 Å². The third-order valence-electron chi connectivity index (χ3n) is 6.03. The highest BCUT2D eigenvalue weighted by Crippen LogP contribution is 2.38. The van der Waals surface area contributed by atoms with Crippen molar-refractivity contribution in [2.24, 2.45) is 5.41 Å². The summed E-state index contributed by atoms with van der Waals surface area (Å²) in [6.45, 7) is 11.6. The lowest BCUT2D eigenvalue weighted by Crippen LogP contribution is -2.68. The first-order valence-corrected chi connectivity index (χ1v) is 9.10. The van der Waals surface area contributed by atoms with Gasteiger partial charge in [0.2, 0.25) is 0 Å². The molecule has 0 aromatic rings. The van der Waals surface area contributed by atoms with Gasteiger partial charge in [-0.2, -0.15) is 0 Å². The lowest BCUT2D eigenvalue weighted by atomic mass is 9.75. The van der Waals surface area contributed by atoms with Crippen LogP contribution in [0.1, 0.15) is 65.7 Å². The summed E-state index contributed by atoms with van der Waals surface area (Å²) in [4.78, 5) is 2.83. The van der Waals surface area contributed by atoms with Crippen molar-refractivity contribution in [1.29, 1.82) is 0 Å². The monoisotopic (exact) mass is 294 g/mol. The van der Waals surface area contributed by atoms with E-state index in [1.54, 1.807) is 0 Å². The fourth-order valence-electron chi connectivity index (χ4n) is 4.49. The first kappa shape index (κ1) is 15.8. The number of hydrogen-bond acceptors (Lipinski definition) is 3. The van der Waals surface area contributed by atoms with Crippen molar-refractivity contribution >= 4 is 0 Å². The number of rotatable bonds is 2. The third-order valence-corrected chi connectivity index (χ3v) is 6.03. The molecule has 2 aliphatic heterocycles. The number of nitrogens with one attached hydrogen (secondary N) is 1. The van der Waals surface area contributed by atoms with Crippen LogP contribution >= 0.6 is 0 Å². The topological polar surface area (TPSA) is 24.5 Å². The van der Waals surface area contributed by atoms with Gasteiger partial charge in [0.15, 0.2) is 0 Å². The first-order chi connectivity index (χ1) is 10.00. The molecule has 1 spiro atoms. The number of nitrogens with zero attached hydrogens (tertiary/aromatic N) is 1. The van der Waals surface area contributed by atoms with Crippen LogP contribution in [0, 0.1) is 5.41 Å². The van der Waals surface area contributed by atoms with Gasteiger partial charge in [-0.05, 0) is 31.1 Å². The van der Waals surface area contributed by atoms with Crippen LogP contribution < -0.4 is 5.32 Å². The van der Waals surface area contributed by atoms with Crippen molar-refractivity contribution in [3.8, 4) is 0 Å². The van der Waals surface area contributed by atoms with Crippen LogP contribution in [0.2, 0.25) is 0 Å². The molecule has 3 aliphatic rings. The Kier molecular flexibility index (Phi) is 4.63. The normalized spacial score (nSPS) is 34.4. The number of ether oxygens (including phenoxy) is 1. The molecule has 2 heterocycles. The molecule has 2 saturated heterocycles. The Morgan fingerprint density at radius 2 is 1.90 bits per heavy atom. The fourth-order valence-corrected chi connectivity index (χ4v) is 4.49. The molecule has 3 rings (SSSR count). The SMILES string of the molecule is CC(C)(C)C1CN(CC2CCCO2)C2(CCCCC2)CN1. The molecule has 2 atom stereocenters. The van der Waals surface area contributed by atoms with E-state index in [9.17, 15) is 0 Å². The minimum Gasteiger partial charge on any atom is -0.377 e. The zero-order valence-electron chi connectivity index (χ0n) is 14.3. The number of hydrogen-bond donors (Lipinski definition) is 1. The highest BCUT2D eigenvalue weighted by molar-refractivity contribution is 5.03. The van der Waals surface area contributed by atoms with Crippen LogP contribution in [0.25, 0.3) is 0 Å². The molecular weight excluding hydrogens is 260 g/mol. The molecule has 0 aromatic carbocycles. The molecule has 3 heteroatoms. The van der Waals surface area contributed by atoms with Gasteiger partial charge in [-0.1, -0.05) is 40.0 Å². The van der Waals surface area contributed by atoms with Crippen LogP contribution in [0.3, 0.4) is 0 Å². The zero-order chi connectivity index (χ0) is 14.9. The standard InChI is InChI=1S/C18H34N2O/c1-17(2,3)16-13-20(12-15-8-7-11-21-15)18(14-19-16)9-5-4-6-10-18/h15-16,19H,4-14H2,1-3H3. The van der Waals surface area contributed by atoms with E-state index in [0.717, 1.165) is 13.2 Å². The average Bonchev–Trinajstić information content (AvgIpc) is 2.94. The van der Waals surface area contributed by atoms with Crippen LogP contribution in [0.5, 0.6) is 0 Å². The van der Waals surface area contributed by atoms with Crippen molar-refractivity contribution < 1.29 is 4.74 Å². The second kappa shape index (κ2) is 6.17. The number of piperazine rings is 1. The predicted octanol–water partition coefficient (Wildman–Crippen LogP) is 3.19. The molecule has 1 aliphatic carbocycles. The molecule has 2 unspecified atom stereocenters. The molecule has 1 saturated carbocycles. The first-order valence-electron chi connectivity index (χ1n) is 9.10.